The summed E-state index contributed by atoms with van der Waals surface area (Å²) in [6, 6.07) is 5.83. The average molecular weight is 467 g/mol. The van der Waals surface area contributed by atoms with Gasteiger partial charge in [0.25, 0.3) is 5.69 Å². The first-order valence-corrected chi connectivity index (χ1v) is 14.0. The summed E-state index contributed by atoms with van der Waals surface area (Å²) in [6.45, 7) is 4.53. The van der Waals surface area contributed by atoms with Gasteiger partial charge in [0.2, 0.25) is 0 Å². The fraction of sp³-hybridized carbons (Fsp3) is 0.793. The number of rotatable bonds is 19. The largest absolute Gasteiger partial charge is 0.273 e. The molecule has 2 rings (SSSR count). The van der Waals surface area contributed by atoms with E-state index < -0.39 is 0 Å². The van der Waals surface area contributed by atoms with Gasteiger partial charge < -0.3 is 0 Å². The van der Waals surface area contributed by atoms with Crippen molar-refractivity contribution in [2.24, 2.45) is 0 Å². The minimum Gasteiger partial charge on any atom is -0.258 e. The van der Waals surface area contributed by atoms with Crippen LogP contribution in [0.25, 0.3) is 0 Å². The Morgan fingerprint density at radius 3 is 1.67 bits per heavy atom. The van der Waals surface area contributed by atoms with Gasteiger partial charge in [0.15, 0.2) is 0 Å². The zero-order valence-corrected chi connectivity index (χ0v) is 24.1. The summed E-state index contributed by atoms with van der Waals surface area (Å²) in [6.07, 6.45) is 24.8. The van der Waals surface area contributed by atoms with E-state index in [-0.39, 0.29) is 34.5 Å². The Morgan fingerprint density at radius 1 is 0.727 bits per heavy atom. The van der Waals surface area contributed by atoms with Crippen molar-refractivity contribution in [1.82, 2.24) is 0 Å². The Morgan fingerprint density at radius 2 is 1.18 bits per heavy atom. The van der Waals surface area contributed by atoms with Crippen molar-refractivity contribution in [1.29, 1.82) is 0 Å². The van der Waals surface area contributed by atoms with Gasteiger partial charge in [-0.25, -0.2) is 0 Å². The van der Waals surface area contributed by atoms with E-state index in [4.69, 9.17) is 0 Å². The number of benzene rings is 1. The molecule has 2 atom stereocenters. The molecule has 0 amide bonds. The summed E-state index contributed by atoms with van der Waals surface area (Å²) >= 11 is 0. The van der Waals surface area contributed by atoms with Gasteiger partial charge in [-0.3, -0.25) is 10.1 Å². The molecule has 0 spiro atoms. The molecule has 0 saturated carbocycles. The molecule has 0 aliphatic heterocycles. The molecule has 1 radical (unpaired) electrons. The number of nitro benzene ring substituents is 1. The number of hydrogen-bond acceptors (Lipinski definition) is 2. The van der Waals surface area contributed by atoms with Crippen LogP contribution in [-0.2, 0) is 0 Å². The van der Waals surface area contributed by atoms with E-state index in [0.717, 1.165) is 18.4 Å². The molecule has 0 aromatic heterocycles. The summed E-state index contributed by atoms with van der Waals surface area (Å²) in [5.74, 6) is 0.926. The zero-order chi connectivity index (χ0) is 23.0. The molecule has 0 fully saturated rings. The maximum absolute atomic E-state index is 11.7. The molecule has 33 heavy (non-hydrogen) atoms. The Hall–Kier alpha value is -0.380. The second kappa shape index (κ2) is 18.9. The molecule has 0 bridgehead atoms. The first-order valence-electron chi connectivity index (χ1n) is 14.0. The third-order valence-corrected chi connectivity index (χ3v) is 7.54. The molecule has 1 aromatic rings. The maximum atomic E-state index is 11.7. The number of unbranched alkanes of at least 4 members (excludes halogenated alkanes) is 14. The van der Waals surface area contributed by atoms with E-state index in [9.17, 15) is 10.1 Å². The Balaban J connectivity index is 0.00000544. The van der Waals surface area contributed by atoms with Gasteiger partial charge in [-0.1, -0.05) is 129 Å². The zero-order valence-electron chi connectivity index (χ0n) is 22.1. The van der Waals surface area contributed by atoms with E-state index in [1.807, 2.05) is 6.07 Å². The standard InChI is InChI=1S/C29H49NO2.Na/c1-3-5-7-9-11-12-13-14-16-17-20-25-24-26(21-18-15-10-8-6-4-2)29-27(25)22-19-23-28(29)30(31)32;/h19,22-23,25-26H,3-18,20-21,24H2,1-2H3;. The van der Waals surface area contributed by atoms with Gasteiger partial charge in [0, 0.05) is 41.2 Å². The van der Waals surface area contributed by atoms with Crippen LogP contribution >= 0.6 is 0 Å². The van der Waals surface area contributed by atoms with E-state index in [2.05, 4.69) is 19.9 Å². The van der Waals surface area contributed by atoms with E-state index in [1.165, 1.54) is 115 Å². The summed E-state index contributed by atoms with van der Waals surface area (Å²) in [7, 11) is 0. The van der Waals surface area contributed by atoms with Crippen LogP contribution in [0.4, 0.5) is 5.69 Å². The van der Waals surface area contributed by atoms with Gasteiger partial charge in [0.05, 0.1) is 4.92 Å². The summed E-state index contributed by atoms with van der Waals surface area (Å²) in [5, 5.41) is 11.7. The first kappa shape index (κ1) is 30.7. The molecule has 1 aromatic carbocycles. The van der Waals surface area contributed by atoms with Crippen molar-refractivity contribution in [2.45, 2.75) is 148 Å². The third kappa shape index (κ3) is 11.3. The van der Waals surface area contributed by atoms with E-state index >= 15 is 0 Å². The van der Waals surface area contributed by atoms with Crippen LogP contribution in [0.1, 0.15) is 159 Å². The average Bonchev–Trinajstić information content (AvgIpc) is 3.15. The van der Waals surface area contributed by atoms with Crippen LogP contribution in [0.5, 0.6) is 0 Å². The predicted molar refractivity (Wildman–Crippen MR) is 143 cm³/mol. The van der Waals surface area contributed by atoms with Gasteiger partial charge >= 0.3 is 0 Å². The Labute approximate surface area is 226 Å². The van der Waals surface area contributed by atoms with Crippen molar-refractivity contribution in [3.05, 3.63) is 39.4 Å². The van der Waals surface area contributed by atoms with Crippen LogP contribution in [0.2, 0.25) is 0 Å². The molecule has 183 valence electrons. The summed E-state index contributed by atoms with van der Waals surface area (Å²) in [4.78, 5) is 11.6. The van der Waals surface area contributed by atoms with Gasteiger partial charge in [0.1, 0.15) is 0 Å². The Kier molecular flexibility index (Phi) is 17.5. The van der Waals surface area contributed by atoms with E-state index in [1.54, 1.807) is 6.07 Å². The second-order valence-electron chi connectivity index (χ2n) is 10.2. The molecule has 3 nitrogen and oxygen atoms in total. The number of nitrogens with zero attached hydrogens (tertiary/aromatic N) is 1. The molecule has 2 unspecified atom stereocenters. The van der Waals surface area contributed by atoms with Gasteiger partial charge in [-0.05, 0) is 36.7 Å². The summed E-state index contributed by atoms with van der Waals surface area (Å²) in [5.41, 5.74) is 2.76. The molecular formula is C29H49NNaO2. The van der Waals surface area contributed by atoms with Crippen LogP contribution in [0.15, 0.2) is 18.2 Å². The molecule has 0 saturated heterocycles. The van der Waals surface area contributed by atoms with Gasteiger partial charge in [-0.2, -0.15) is 0 Å². The third-order valence-electron chi connectivity index (χ3n) is 7.54. The second-order valence-corrected chi connectivity index (χ2v) is 10.2. The van der Waals surface area contributed by atoms with Crippen LogP contribution in [0.3, 0.4) is 0 Å². The first-order chi connectivity index (χ1) is 15.7. The minimum absolute atomic E-state index is 0. The molecule has 0 N–H and O–H groups in total. The van der Waals surface area contributed by atoms with Crippen LogP contribution < -0.4 is 0 Å². The fourth-order valence-corrected chi connectivity index (χ4v) is 5.70. The molecule has 0 heterocycles. The predicted octanol–water partition coefficient (Wildman–Crippen LogP) is 9.85. The van der Waals surface area contributed by atoms with Crippen molar-refractivity contribution in [3.8, 4) is 0 Å². The van der Waals surface area contributed by atoms with Crippen molar-refractivity contribution in [2.75, 3.05) is 0 Å². The normalized spacial score (nSPS) is 17.0. The van der Waals surface area contributed by atoms with Crippen molar-refractivity contribution < 1.29 is 4.92 Å². The quantitative estimate of drug-likeness (QED) is 0.0881. The van der Waals surface area contributed by atoms with Crippen LogP contribution in [0, 0.1) is 10.1 Å². The van der Waals surface area contributed by atoms with Crippen LogP contribution in [-0.4, -0.2) is 34.5 Å². The fourth-order valence-electron chi connectivity index (χ4n) is 5.70. The topological polar surface area (TPSA) is 43.1 Å². The molecule has 1 aliphatic rings. The summed E-state index contributed by atoms with van der Waals surface area (Å²) < 4.78 is 0. The molecule has 4 heteroatoms. The number of nitro groups is 1. The Bertz CT molecular complexity index is 649. The minimum atomic E-state index is -0.143. The van der Waals surface area contributed by atoms with E-state index in [0.29, 0.717) is 17.5 Å². The van der Waals surface area contributed by atoms with Crippen molar-refractivity contribution >= 4 is 35.2 Å². The number of fused-ring (bicyclic) bond motifs is 1. The molecular weight excluding hydrogens is 417 g/mol. The number of hydrogen-bond donors (Lipinski definition) is 0. The molecule has 1 aliphatic carbocycles. The SMILES string of the molecule is CCCCCCCCCCCCC1CC(CCCCCCCC)c2c1cccc2[N+](=O)[O-].[Na]. The monoisotopic (exact) mass is 466 g/mol. The maximum Gasteiger partial charge on any atom is 0.273 e. The van der Waals surface area contributed by atoms with Crippen molar-refractivity contribution in [3.63, 3.8) is 0 Å². The van der Waals surface area contributed by atoms with Gasteiger partial charge in [-0.15, -0.1) is 0 Å². The smallest absolute Gasteiger partial charge is 0.258 e.